The van der Waals surface area contributed by atoms with Crippen LogP contribution in [0.2, 0.25) is 0 Å². The molecule has 1 aliphatic heterocycles. The second-order valence-corrected chi connectivity index (χ2v) is 9.90. The number of Topliss-reactive ketones (excluding diaryl/α,β-unsaturated/α-hetero) is 1. The van der Waals surface area contributed by atoms with Crippen LogP contribution in [0.1, 0.15) is 27.5 Å². The Morgan fingerprint density at radius 1 is 0.864 bits per heavy atom. The van der Waals surface area contributed by atoms with Crippen LogP contribution in [0, 0.1) is 11.6 Å². The van der Waals surface area contributed by atoms with E-state index in [1.807, 2.05) is 0 Å². The van der Waals surface area contributed by atoms with Crippen molar-refractivity contribution in [3.8, 4) is 11.5 Å². The maximum Gasteiger partial charge on any atom is 0.299 e. The van der Waals surface area contributed by atoms with Crippen LogP contribution in [0.5, 0.6) is 11.5 Å². The van der Waals surface area contributed by atoms with Crippen LogP contribution in [0.15, 0.2) is 91.0 Å². The maximum atomic E-state index is 14.1. The van der Waals surface area contributed by atoms with E-state index in [4.69, 9.17) is 9.47 Å². The Labute approximate surface area is 251 Å². The lowest BCUT2D eigenvalue weighted by Crippen LogP contribution is -2.46. The van der Waals surface area contributed by atoms with E-state index in [9.17, 15) is 28.0 Å². The van der Waals surface area contributed by atoms with Crippen molar-refractivity contribution in [2.75, 3.05) is 31.0 Å². The fourth-order valence-corrected chi connectivity index (χ4v) is 4.96. The van der Waals surface area contributed by atoms with Crippen molar-refractivity contribution in [1.29, 1.82) is 0 Å². The summed E-state index contributed by atoms with van der Waals surface area (Å²) in [6.07, 6.45) is 0. The zero-order valence-corrected chi connectivity index (χ0v) is 23.8. The van der Waals surface area contributed by atoms with E-state index in [0.29, 0.717) is 11.3 Å². The average Bonchev–Trinajstić information content (AvgIpc) is 3.27. The molecule has 4 aromatic rings. The Bertz CT molecular complexity index is 1730. The van der Waals surface area contributed by atoms with Crippen LogP contribution in [0.4, 0.5) is 20.2 Å². The first-order valence-electron chi connectivity index (χ1n) is 13.5. The van der Waals surface area contributed by atoms with Gasteiger partial charge in [0.25, 0.3) is 17.6 Å². The Hall–Kier alpha value is -5.58. The number of para-hydroxylation sites is 1. The molecular formula is C33H27F2N3O6. The number of rotatable bonds is 10. The van der Waals surface area contributed by atoms with Crippen molar-refractivity contribution in [3.63, 3.8) is 0 Å². The van der Waals surface area contributed by atoms with E-state index in [1.54, 1.807) is 36.4 Å². The number of fused-ring (bicyclic) bond motifs is 1. The molecule has 1 aliphatic rings. The zero-order valence-electron chi connectivity index (χ0n) is 23.8. The van der Waals surface area contributed by atoms with Gasteiger partial charge in [0.2, 0.25) is 5.91 Å². The van der Waals surface area contributed by atoms with Gasteiger partial charge < -0.3 is 19.7 Å². The number of hydrogen-bond acceptors (Lipinski definition) is 6. The van der Waals surface area contributed by atoms with Crippen molar-refractivity contribution in [3.05, 3.63) is 119 Å². The van der Waals surface area contributed by atoms with Gasteiger partial charge in [-0.1, -0.05) is 36.4 Å². The van der Waals surface area contributed by atoms with Crippen LogP contribution < -0.4 is 19.7 Å². The lowest BCUT2D eigenvalue weighted by molar-refractivity contribution is -0.139. The molecule has 0 saturated carbocycles. The Morgan fingerprint density at radius 3 is 2.18 bits per heavy atom. The molecule has 3 amide bonds. The van der Waals surface area contributed by atoms with Gasteiger partial charge in [0.05, 0.1) is 31.2 Å². The molecule has 0 radical (unpaired) electrons. The van der Waals surface area contributed by atoms with Crippen LogP contribution in [-0.2, 0) is 20.9 Å². The molecule has 0 aromatic heterocycles. The monoisotopic (exact) mass is 599 g/mol. The average molecular weight is 600 g/mol. The highest BCUT2D eigenvalue weighted by Crippen LogP contribution is 2.33. The number of ketones is 1. The number of ether oxygens (including phenoxy) is 2. The summed E-state index contributed by atoms with van der Waals surface area (Å²) < 4.78 is 38.4. The third-order valence-electron chi connectivity index (χ3n) is 7.17. The normalized spacial score (nSPS) is 12.9. The van der Waals surface area contributed by atoms with Crippen molar-refractivity contribution in [2.24, 2.45) is 0 Å². The first-order valence-corrected chi connectivity index (χ1v) is 13.5. The van der Waals surface area contributed by atoms with Gasteiger partial charge in [0.1, 0.15) is 35.7 Å². The van der Waals surface area contributed by atoms with Gasteiger partial charge in [-0.2, -0.15) is 0 Å². The molecule has 0 saturated heterocycles. The van der Waals surface area contributed by atoms with Crippen LogP contribution in [0.25, 0.3) is 0 Å². The summed E-state index contributed by atoms with van der Waals surface area (Å²) in [5.74, 6) is -3.30. The number of amides is 3. The molecule has 5 rings (SSSR count). The number of hydrogen-bond donors (Lipinski definition) is 1. The summed E-state index contributed by atoms with van der Waals surface area (Å²) in [6.45, 7) is -0.758. The largest absolute Gasteiger partial charge is 0.497 e. The van der Waals surface area contributed by atoms with E-state index in [0.717, 1.165) is 17.0 Å². The Balaban J connectivity index is 1.56. The predicted molar refractivity (Wildman–Crippen MR) is 157 cm³/mol. The summed E-state index contributed by atoms with van der Waals surface area (Å²) in [5.41, 5.74) is 1.44. The number of nitrogens with one attached hydrogen (secondary N) is 1. The molecule has 1 unspecified atom stereocenters. The van der Waals surface area contributed by atoms with E-state index in [1.165, 1.54) is 61.6 Å². The minimum Gasteiger partial charge on any atom is -0.497 e. The van der Waals surface area contributed by atoms with E-state index < -0.39 is 47.7 Å². The number of methoxy groups -OCH3 is 2. The van der Waals surface area contributed by atoms with Crippen LogP contribution in [0.3, 0.4) is 0 Å². The minimum atomic E-state index is -1.36. The number of carbonyl (C=O) groups excluding carboxylic acids is 4. The summed E-state index contributed by atoms with van der Waals surface area (Å²) in [7, 11) is 2.89. The molecule has 11 heteroatoms. The highest BCUT2D eigenvalue weighted by atomic mass is 19.1. The molecule has 0 fully saturated rings. The molecule has 224 valence electrons. The van der Waals surface area contributed by atoms with Crippen molar-refractivity contribution in [1.82, 2.24) is 4.90 Å². The van der Waals surface area contributed by atoms with Gasteiger partial charge in [-0.05, 0) is 59.7 Å². The maximum absolute atomic E-state index is 14.1. The standard InChI is InChI=1S/C33H27F2N3O6/c1-43-24-15-16-26(28(17-24)44-2)36-32(41)30(21-9-13-23(35)14-10-21)38(18-20-7-11-22(34)12-8-20)29(39)19-37-27-6-4-3-5-25(27)31(40)33(37)42/h3-17,30H,18-19H2,1-2H3,(H,36,41). The quantitative estimate of drug-likeness (QED) is 0.260. The topological polar surface area (TPSA) is 105 Å². The number of halogens is 2. The lowest BCUT2D eigenvalue weighted by Gasteiger charge is -2.33. The van der Waals surface area contributed by atoms with Crippen LogP contribution >= 0.6 is 0 Å². The molecular weight excluding hydrogens is 572 g/mol. The van der Waals surface area contributed by atoms with Gasteiger partial charge in [-0.3, -0.25) is 24.1 Å². The first kappa shape index (κ1) is 29.9. The lowest BCUT2D eigenvalue weighted by atomic mass is 10.0. The second kappa shape index (κ2) is 12.7. The third-order valence-corrected chi connectivity index (χ3v) is 7.17. The molecule has 44 heavy (non-hydrogen) atoms. The molecule has 4 aromatic carbocycles. The van der Waals surface area contributed by atoms with Crippen LogP contribution in [-0.4, -0.2) is 49.2 Å². The molecule has 1 N–H and O–H groups in total. The molecule has 0 spiro atoms. The van der Waals surface area contributed by atoms with E-state index in [-0.39, 0.29) is 34.8 Å². The van der Waals surface area contributed by atoms with Crippen molar-refractivity contribution >= 4 is 34.9 Å². The Morgan fingerprint density at radius 2 is 1.52 bits per heavy atom. The van der Waals surface area contributed by atoms with E-state index >= 15 is 0 Å². The SMILES string of the molecule is COc1ccc(NC(=O)C(c2ccc(F)cc2)N(Cc2ccc(F)cc2)C(=O)CN2C(=O)C(=O)c3ccccc32)c(OC)c1. The molecule has 0 bridgehead atoms. The van der Waals surface area contributed by atoms with Gasteiger partial charge in [-0.15, -0.1) is 0 Å². The van der Waals surface area contributed by atoms with Crippen molar-refractivity contribution < 1.29 is 37.4 Å². The Kier molecular flexibility index (Phi) is 8.66. The summed E-state index contributed by atoms with van der Waals surface area (Å²) >= 11 is 0. The number of nitrogens with zero attached hydrogens (tertiary/aromatic N) is 2. The summed E-state index contributed by atoms with van der Waals surface area (Å²) in [5, 5.41) is 2.78. The summed E-state index contributed by atoms with van der Waals surface area (Å²) in [6, 6.07) is 20.1. The van der Waals surface area contributed by atoms with Gasteiger partial charge in [-0.25, -0.2) is 8.78 Å². The summed E-state index contributed by atoms with van der Waals surface area (Å²) in [4.78, 5) is 56.0. The minimum absolute atomic E-state index is 0.162. The number of anilines is 2. The first-order chi connectivity index (χ1) is 21.2. The molecule has 0 aliphatic carbocycles. The molecule has 9 nitrogen and oxygen atoms in total. The van der Waals surface area contributed by atoms with Gasteiger partial charge >= 0.3 is 0 Å². The smallest absolute Gasteiger partial charge is 0.299 e. The van der Waals surface area contributed by atoms with Crippen molar-refractivity contribution in [2.45, 2.75) is 12.6 Å². The van der Waals surface area contributed by atoms with Gasteiger partial charge in [0, 0.05) is 12.6 Å². The highest BCUT2D eigenvalue weighted by molar-refractivity contribution is 6.52. The fourth-order valence-electron chi connectivity index (χ4n) is 4.96. The number of benzene rings is 4. The molecule has 1 heterocycles. The zero-order chi connectivity index (χ0) is 31.4. The number of carbonyl (C=O) groups is 4. The third kappa shape index (κ3) is 6.12. The van der Waals surface area contributed by atoms with Gasteiger partial charge in [0.15, 0.2) is 0 Å². The fraction of sp³-hybridized carbons (Fsp3) is 0.152. The highest BCUT2D eigenvalue weighted by Gasteiger charge is 2.39. The second-order valence-electron chi connectivity index (χ2n) is 9.90. The van der Waals surface area contributed by atoms with E-state index in [2.05, 4.69) is 5.32 Å². The molecule has 1 atom stereocenters. The predicted octanol–water partition coefficient (Wildman–Crippen LogP) is 4.92.